The van der Waals surface area contributed by atoms with Crippen LogP contribution in [0, 0.1) is 0 Å². The SMILES string of the molecule is CCOc1cccc(-c2nc(C3CCCC3)n(C)c2N)c1. The molecule has 0 aliphatic heterocycles. The molecule has 1 aromatic carbocycles. The highest BCUT2D eigenvalue weighted by Crippen LogP contribution is 2.37. The first-order valence-corrected chi connectivity index (χ1v) is 7.76. The summed E-state index contributed by atoms with van der Waals surface area (Å²) in [4.78, 5) is 4.85. The second kappa shape index (κ2) is 5.80. The van der Waals surface area contributed by atoms with Gasteiger partial charge in [-0.15, -0.1) is 0 Å². The molecule has 0 spiro atoms. The molecular formula is C17H23N3O. The average molecular weight is 285 g/mol. The van der Waals surface area contributed by atoms with E-state index in [-0.39, 0.29) is 0 Å². The number of benzene rings is 1. The Balaban J connectivity index is 1.98. The standard InChI is InChI=1S/C17H23N3O/c1-3-21-14-10-6-9-13(11-14)15-16(18)20(2)17(19-15)12-7-4-5-8-12/h6,9-12H,3-5,7-8,18H2,1-2H3. The molecule has 3 rings (SSSR count). The Kier molecular flexibility index (Phi) is 3.86. The quantitative estimate of drug-likeness (QED) is 0.931. The molecule has 2 N–H and O–H groups in total. The molecule has 1 fully saturated rings. The van der Waals surface area contributed by atoms with Crippen molar-refractivity contribution in [1.82, 2.24) is 9.55 Å². The number of nitrogens with two attached hydrogens (primary N) is 1. The third kappa shape index (κ3) is 2.62. The molecule has 0 amide bonds. The lowest BCUT2D eigenvalue weighted by atomic mass is 10.1. The lowest BCUT2D eigenvalue weighted by Gasteiger charge is -2.08. The highest BCUT2D eigenvalue weighted by molar-refractivity contribution is 5.72. The van der Waals surface area contributed by atoms with E-state index >= 15 is 0 Å². The molecule has 4 heteroatoms. The largest absolute Gasteiger partial charge is 0.494 e. The van der Waals surface area contributed by atoms with Gasteiger partial charge < -0.3 is 15.0 Å². The van der Waals surface area contributed by atoms with E-state index in [0.717, 1.165) is 28.6 Å². The Labute approximate surface area is 125 Å². The van der Waals surface area contributed by atoms with Crippen LogP contribution in [0.5, 0.6) is 5.75 Å². The number of anilines is 1. The summed E-state index contributed by atoms with van der Waals surface area (Å²) < 4.78 is 7.62. The van der Waals surface area contributed by atoms with Crippen molar-refractivity contribution in [2.75, 3.05) is 12.3 Å². The van der Waals surface area contributed by atoms with Crippen molar-refractivity contribution in [1.29, 1.82) is 0 Å². The molecule has 2 aromatic rings. The summed E-state index contributed by atoms with van der Waals surface area (Å²) in [5, 5.41) is 0. The van der Waals surface area contributed by atoms with E-state index in [1.165, 1.54) is 25.7 Å². The molecular weight excluding hydrogens is 262 g/mol. The predicted molar refractivity (Wildman–Crippen MR) is 85.4 cm³/mol. The van der Waals surface area contributed by atoms with Gasteiger partial charge in [0, 0.05) is 18.5 Å². The number of rotatable bonds is 4. The van der Waals surface area contributed by atoms with Gasteiger partial charge in [-0.1, -0.05) is 25.0 Å². The van der Waals surface area contributed by atoms with E-state index in [9.17, 15) is 0 Å². The van der Waals surface area contributed by atoms with Crippen LogP contribution in [0.2, 0.25) is 0 Å². The minimum atomic E-state index is 0.557. The molecule has 0 bridgehead atoms. The summed E-state index contributed by atoms with van der Waals surface area (Å²) in [6.45, 7) is 2.65. The van der Waals surface area contributed by atoms with Gasteiger partial charge in [0.15, 0.2) is 0 Å². The van der Waals surface area contributed by atoms with Gasteiger partial charge in [-0.2, -0.15) is 0 Å². The monoisotopic (exact) mass is 285 g/mol. The van der Waals surface area contributed by atoms with Crippen LogP contribution in [0.1, 0.15) is 44.3 Å². The Morgan fingerprint density at radius 2 is 2.10 bits per heavy atom. The van der Waals surface area contributed by atoms with E-state index in [0.29, 0.717) is 12.5 Å². The highest BCUT2D eigenvalue weighted by Gasteiger charge is 2.24. The summed E-state index contributed by atoms with van der Waals surface area (Å²) >= 11 is 0. The third-order valence-electron chi connectivity index (χ3n) is 4.31. The molecule has 1 saturated carbocycles. The molecule has 1 aliphatic carbocycles. The molecule has 21 heavy (non-hydrogen) atoms. The minimum Gasteiger partial charge on any atom is -0.494 e. The Morgan fingerprint density at radius 3 is 2.81 bits per heavy atom. The van der Waals surface area contributed by atoms with Gasteiger partial charge in [0.05, 0.1) is 6.61 Å². The second-order valence-corrected chi connectivity index (χ2v) is 5.71. The number of nitrogen functional groups attached to an aromatic ring is 1. The van der Waals surface area contributed by atoms with Gasteiger partial charge >= 0.3 is 0 Å². The summed E-state index contributed by atoms with van der Waals surface area (Å²) in [5.74, 6) is 3.29. The zero-order valence-corrected chi connectivity index (χ0v) is 12.8. The first kappa shape index (κ1) is 14.0. The maximum absolute atomic E-state index is 6.29. The molecule has 0 atom stereocenters. The topological polar surface area (TPSA) is 53.1 Å². The van der Waals surface area contributed by atoms with Crippen molar-refractivity contribution in [3.63, 3.8) is 0 Å². The highest BCUT2D eigenvalue weighted by atomic mass is 16.5. The number of aromatic nitrogens is 2. The third-order valence-corrected chi connectivity index (χ3v) is 4.31. The number of ether oxygens (including phenoxy) is 1. The van der Waals surface area contributed by atoms with Gasteiger partial charge in [0.2, 0.25) is 0 Å². The zero-order valence-electron chi connectivity index (χ0n) is 12.8. The lowest BCUT2D eigenvalue weighted by molar-refractivity contribution is 0.340. The van der Waals surface area contributed by atoms with Crippen molar-refractivity contribution in [2.45, 2.75) is 38.5 Å². The van der Waals surface area contributed by atoms with Gasteiger partial charge in [-0.05, 0) is 31.9 Å². The predicted octanol–water partition coefficient (Wildman–Crippen LogP) is 3.73. The molecule has 1 aliphatic rings. The number of hydrogen-bond acceptors (Lipinski definition) is 3. The fourth-order valence-electron chi connectivity index (χ4n) is 3.19. The van der Waals surface area contributed by atoms with E-state index in [1.807, 2.05) is 38.2 Å². The summed E-state index contributed by atoms with van der Waals surface area (Å²) in [5.41, 5.74) is 8.19. The molecule has 4 nitrogen and oxygen atoms in total. The van der Waals surface area contributed by atoms with Gasteiger partial charge in [0.25, 0.3) is 0 Å². The van der Waals surface area contributed by atoms with E-state index in [4.69, 9.17) is 15.5 Å². The van der Waals surface area contributed by atoms with Crippen molar-refractivity contribution >= 4 is 5.82 Å². The van der Waals surface area contributed by atoms with Crippen LogP contribution in [-0.4, -0.2) is 16.2 Å². The van der Waals surface area contributed by atoms with Crippen LogP contribution in [-0.2, 0) is 7.05 Å². The summed E-state index contributed by atoms with van der Waals surface area (Å²) in [6, 6.07) is 8.01. The number of hydrogen-bond donors (Lipinski definition) is 1. The maximum atomic E-state index is 6.29. The van der Waals surface area contributed by atoms with Crippen molar-refractivity contribution < 1.29 is 4.74 Å². The van der Waals surface area contributed by atoms with Crippen molar-refractivity contribution in [3.05, 3.63) is 30.1 Å². The van der Waals surface area contributed by atoms with Crippen molar-refractivity contribution in [2.24, 2.45) is 7.05 Å². The summed E-state index contributed by atoms with van der Waals surface area (Å²) in [7, 11) is 2.02. The van der Waals surface area contributed by atoms with Crippen molar-refractivity contribution in [3.8, 4) is 17.0 Å². The Morgan fingerprint density at radius 1 is 1.33 bits per heavy atom. The molecule has 0 unspecified atom stereocenters. The fraction of sp³-hybridized carbons (Fsp3) is 0.471. The molecule has 1 heterocycles. The lowest BCUT2D eigenvalue weighted by Crippen LogP contribution is -2.05. The van der Waals surface area contributed by atoms with Gasteiger partial charge in [0.1, 0.15) is 23.1 Å². The fourth-order valence-corrected chi connectivity index (χ4v) is 3.19. The zero-order chi connectivity index (χ0) is 14.8. The van der Waals surface area contributed by atoms with Crippen LogP contribution in [0.4, 0.5) is 5.82 Å². The van der Waals surface area contributed by atoms with Crippen LogP contribution >= 0.6 is 0 Å². The minimum absolute atomic E-state index is 0.557. The number of nitrogens with zero attached hydrogens (tertiary/aromatic N) is 2. The Hall–Kier alpha value is -1.97. The van der Waals surface area contributed by atoms with Crippen LogP contribution in [0.15, 0.2) is 24.3 Å². The van der Waals surface area contributed by atoms with E-state index in [2.05, 4.69) is 4.57 Å². The normalized spacial score (nSPS) is 15.5. The van der Waals surface area contributed by atoms with Gasteiger partial charge in [-0.3, -0.25) is 0 Å². The second-order valence-electron chi connectivity index (χ2n) is 5.71. The van der Waals surface area contributed by atoms with Crippen LogP contribution in [0.3, 0.4) is 0 Å². The average Bonchev–Trinajstić information content (AvgIpc) is 3.10. The molecule has 0 saturated heterocycles. The molecule has 0 radical (unpaired) electrons. The first-order chi connectivity index (χ1) is 10.2. The van der Waals surface area contributed by atoms with Crippen LogP contribution < -0.4 is 10.5 Å². The van der Waals surface area contributed by atoms with Crippen LogP contribution in [0.25, 0.3) is 11.3 Å². The smallest absolute Gasteiger partial charge is 0.131 e. The Bertz CT molecular complexity index is 627. The summed E-state index contributed by atoms with van der Waals surface area (Å²) in [6.07, 6.45) is 5.05. The number of imidazole rings is 1. The first-order valence-electron chi connectivity index (χ1n) is 7.76. The van der Waals surface area contributed by atoms with E-state index in [1.54, 1.807) is 0 Å². The molecule has 1 aromatic heterocycles. The van der Waals surface area contributed by atoms with Gasteiger partial charge in [-0.25, -0.2) is 4.98 Å². The molecule has 112 valence electrons. The maximum Gasteiger partial charge on any atom is 0.131 e. The van der Waals surface area contributed by atoms with E-state index < -0.39 is 0 Å².